The highest BCUT2D eigenvalue weighted by Gasteiger charge is 2.04. The lowest BCUT2D eigenvalue weighted by atomic mass is 10.2. The van der Waals surface area contributed by atoms with Gasteiger partial charge in [0.25, 0.3) is 0 Å². The molecule has 0 atom stereocenters. The van der Waals surface area contributed by atoms with Crippen LogP contribution in [0.1, 0.15) is 24.7 Å². The summed E-state index contributed by atoms with van der Waals surface area (Å²) in [6.45, 7) is 2.54. The molecule has 0 aliphatic carbocycles. The standard InChI is InChI=1S/C14H16ClFN4/c1-2-3-13-19-12(17)7-14(20-13)18-8-9-4-5-11(16)10(15)6-9/h4-7H,2-3,8H2,1H3,(H3,17,18,19,20). The van der Waals surface area contributed by atoms with Gasteiger partial charge in [0.2, 0.25) is 0 Å². The second kappa shape index (κ2) is 6.52. The molecule has 0 amide bonds. The minimum Gasteiger partial charge on any atom is -0.384 e. The maximum atomic E-state index is 13.1. The Balaban J connectivity index is 2.08. The summed E-state index contributed by atoms with van der Waals surface area (Å²) in [4.78, 5) is 8.53. The lowest BCUT2D eigenvalue weighted by Crippen LogP contribution is -2.06. The largest absolute Gasteiger partial charge is 0.384 e. The molecule has 0 aliphatic heterocycles. The van der Waals surface area contributed by atoms with Crippen LogP contribution in [0.4, 0.5) is 16.0 Å². The molecule has 0 fully saturated rings. The minimum absolute atomic E-state index is 0.109. The number of aryl methyl sites for hydroxylation is 1. The Morgan fingerprint density at radius 2 is 2.10 bits per heavy atom. The van der Waals surface area contributed by atoms with E-state index in [1.807, 2.05) is 0 Å². The third-order valence-electron chi connectivity index (χ3n) is 2.72. The van der Waals surface area contributed by atoms with Crippen molar-refractivity contribution < 1.29 is 4.39 Å². The lowest BCUT2D eigenvalue weighted by molar-refractivity contribution is 0.627. The number of nitrogens with two attached hydrogens (primary N) is 1. The summed E-state index contributed by atoms with van der Waals surface area (Å²) >= 11 is 5.74. The number of hydrogen-bond acceptors (Lipinski definition) is 4. The van der Waals surface area contributed by atoms with E-state index in [0.717, 1.165) is 18.4 Å². The van der Waals surface area contributed by atoms with Crippen molar-refractivity contribution in [2.24, 2.45) is 0 Å². The molecule has 1 heterocycles. The highest BCUT2D eigenvalue weighted by atomic mass is 35.5. The van der Waals surface area contributed by atoms with Gasteiger partial charge in [-0.05, 0) is 24.1 Å². The Morgan fingerprint density at radius 1 is 1.30 bits per heavy atom. The van der Waals surface area contributed by atoms with E-state index in [4.69, 9.17) is 17.3 Å². The van der Waals surface area contributed by atoms with Gasteiger partial charge >= 0.3 is 0 Å². The first-order chi connectivity index (χ1) is 9.58. The second-order valence-electron chi connectivity index (χ2n) is 4.45. The molecule has 2 rings (SSSR count). The van der Waals surface area contributed by atoms with E-state index in [-0.39, 0.29) is 5.02 Å². The van der Waals surface area contributed by atoms with Gasteiger partial charge in [-0.2, -0.15) is 0 Å². The summed E-state index contributed by atoms with van der Waals surface area (Å²) in [5.41, 5.74) is 6.61. The van der Waals surface area contributed by atoms with Crippen molar-refractivity contribution in [1.29, 1.82) is 0 Å². The maximum Gasteiger partial charge on any atom is 0.141 e. The van der Waals surface area contributed by atoms with Crippen LogP contribution in [-0.4, -0.2) is 9.97 Å². The number of hydrogen-bond donors (Lipinski definition) is 2. The highest BCUT2D eigenvalue weighted by molar-refractivity contribution is 6.30. The number of halogens is 2. The van der Waals surface area contributed by atoms with Crippen molar-refractivity contribution >= 4 is 23.2 Å². The molecule has 1 aromatic heterocycles. The zero-order valence-electron chi connectivity index (χ0n) is 11.2. The summed E-state index contributed by atoms with van der Waals surface area (Å²) in [6, 6.07) is 6.27. The molecular weight excluding hydrogens is 279 g/mol. The molecule has 0 spiro atoms. The molecule has 0 aliphatic rings. The zero-order valence-corrected chi connectivity index (χ0v) is 11.9. The van der Waals surface area contributed by atoms with Crippen LogP contribution in [0.5, 0.6) is 0 Å². The van der Waals surface area contributed by atoms with Crippen molar-refractivity contribution in [3.05, 3.63) is 46.5 Å². The Bertz CT molecular complexity index is 604. The van der Waals surface area contributed by atoms with Gasteiger partial charge in [-0.25, -0.2) is 14.4 Å². The lowest BCUT2D eigenvalue weighted by Gasteiger charge is -2.08. The summed E-state index contributed by atoms with van der Waals surface area (Å²) in [5, 5.41) is 3.24. The van der Waals surface area contributed by atoms with Gasteiger partial charge in [-0.15, -0.1) is 0 Å². The Hall–Kier alpha value is -1.88. The Morgan fingerprint density at radius 3 is 2.80 bits per heavy atom. The van der Waals surface area contributed by atoms with Crippen LogP contribution in [0.2, 0.25) is 5.02 Å². The number of aromatic nitrogens is 2. The molecule has 0 unspecified atom stereocenters. The molecule has 0 bridgehead atoms. The fourth-order valence-electron chi connectivity index (χ4n) is 1.79. The molecule has 106 valence electrons. The average Bonchev–Trinajstić information content (AvgIpc) is 2.40. The van der Waals surface area contributed by atoms with Crippen molar-refractivity contribution in [3.63, 3.8) is 0 Å². The summed E-state index contributed by atoms with van der Waals surface area (Å²) in [6.07, 6.45) is 1.73. The molecule has 2 aromatic rings. The number of nitrogen functional groups attached to an aromatic ring is 1. The first-order valence-corrected chi connectivity index (χ1v) is 6.77. The van der Waals surface area contributed by atoms with Gasteiger partial charge in [0.1, 0.15) is 23.3 Å². The van der Waals surface area contributed by atoms with Crippen LogP contribution in [0.25, 0.3) is 0 Å². The average molecular weight is 295 g/mol. The summed E-state index contributed by atoms with van der Waals surface area (Å²) in [5.74, 6) is 1.38. The molecule has 4 nitrogen and oxygen atoms in total. The van der Waals surface area contributed by atoms with Crippen LogP contribution in [0.3, 0.4) is 0 Å². The molecule has 6 heteroatoms. The molecule has 1 aromatic carbocycles. The van der Waals surface area contributed by atoms with Gasteiger partial charge in [0, 0.05) is 19.0 Å². The normalized spacial score (nSPS) is 10.6. The van der Waals surface area contributed by atoms with Crippen LogP contribution in [0.15, 0.2) is 24.3 Å². The monoisotopic (exact) mass is 294 g/mol. The number of anilines is 2. The first-order valence-electron chi connectivity index (χ1n) is 6.39. The number of rotatable bonds is 5. The predicted octanol–water partition coefficient (Wildman–Crippen LogP) is 3.42. The second-order valence-corrected chi connectivity index (χ2v) is 4.85. The maximum absolute atomic E-state index is 13.1. The summed E-state index contributed by atoms with van der Waals surface area (Å²) in [7, 11) is 0. The predicted molar refractivity (Wildman–Crippen MR) is 79.2 cm³/mol. The van der Waals surface area contributed by atoms with Crippen molar-refractivity contribution in [1.82, 2.24) is 9.97 Å². The van der Waals surface area contributed by atoms with Gasteiger partial charge in [-0.1, -0.05) is 24.6 Å². The summed E-state index contributed by atoms with van der Waals surface area (Å²) < 4.78 is 13.1. The van der Waals surface area contributed by atoms with E-state index in [1.54, 1.807) is 18.2 Å². The zero-order chi connectivity index (χ0) is 14.5. The number of nitrogens with one attached hydrogen (secondary N) is 1. The van der Waals surface area contributed by atoms with E-state index >= 15 is 0 Å². The number of benzene rings is 1. The van der Waals surface area contributed by atoms with E-state index in [9.17, 15) is 4.39 Å². The van der Waals surface area contributed by atoms with E-state index in [0.29, 0.717) is 24.0 Å². The van der Waals surface area contributed by atoms with Crippen molar-refractivity contribution in [2.75, 3.05) is 11.1 Å². The van der Waals surface area contributed by atoms with Crippen LogP contribution >= 0.6 is 11.6 Å². The number of nitrogens with zero attached hydrogens (tertiary/aromatic N) is 2. The molecule has 20 heavy (non-hydrogen) atoms. The third-order valence-corrected chi connectivity index (χ3v) is 3.01. The Labute approximate surface area is 122 Å². The molecule has 3 N–H and O–H groups in total. The molecule has 0 saturated heterocycles. The van der Waals surface area contributed by atoms with Crippen molar-refractivity contribution in [3.8, 4) is 0 Å². The van der Waals surface area contributed by atoms with Gasteiger partial charge < -0.3 is 11.1 Å². The van der Waals surface area contributed by atoms with Gasteiger partial charge in [-0.3, -0.25) is 0 Å². The smallest absolute Gasteiger partial charge is 0.141 e. The van der Waals surface area contributed by atoms with Gasteiger partial charge in [0.05, 0.1) is 5.02 Å². The third kappa shape index (κ3) is 3.81. The minimum atomic E-state index is -0.424. The molecule has 0 radical (unpaired) electrons. The molecule has 0 saturated carbocycles. The van der Waals surface area contributed by atoms with Crippen LogP contribution in [-0.2, 0) is 13.0 Å². The Kier molecular flexibility index (Phi) is 4.74. The SMILES string of the molecule is CCCc1nc(N)cc(NCc2ccc(F)c(Cl)c2)n1. The topological polar surface area (TPSA) is 63.8 Å². The fraction of sp³-hybridized carbons (Fsp3) is 0.286. The fourth-order valence-corrected chi connectivity index (χ4v) is 1.99. The van der Waals surface area contributed by atoms with Crippen LogP contribution < -0.4 is 11.1 Å². The first kappa shape index (κ1) is 14.5. The van der Waals surface area contributed by atoms with Gasteiger partial charge in [0.15, 0.2) is 0 Å². The molecular formula is C14H16ClFN4. The van der Waals surface area contributed by atoms with E-state index in [2.05, 4.69) is 22.2 Å². The quantitative estimate of drug-likeness (QED) is 0.887. The van der Waals surface area contributed by atoms with Crippen LogP contribution in [0, 0.1) is 5.82 Å². The van der Waals surface area contributed by atoms with E-state index in [1.165, 1.54) is 6.07 Å². The van der Waals surface area contributed by atoms with E-state index < -0.39 is 5.82 Å². The van der Waals surface area contributed by atoms with Crippen molar-refractivity contribution in [2.45, 2.75) is 26.3 Å². The highest BCUT2D eigenvalue weighted by Crippen LogP contribution is 2.17.